The molecule has 0 spiro atoms. The number of nitrogens with zero attached hydrogens (tertiary/aromatic N) is 2. The van der Waals surface area contributed by atoms with Crippen LogP contribution in [0.3, 0.4) is 0 Å². The molecule has 2 aromatic carbocycles. The van der Waals surface area contributed by atoms with E-state index in [1.54, 1.807) is 0 Å². The summed E-state index contributed by atoms with van der Waals surface area (Å²) in [5.41, 5.74) is -0.486. The molecule has 0 aliphatic carbocycles. The predicted octanol–water partition coefficient (Wildman–Crippen LogP) is 1.89. The topological polar surface area (TPSA) is 187 Å². The normalized spacial score (nSPS) is 11.9. The van der Waals surface area contributed by atoms with Crippen LogP contribution in [0.1, 0.15) is 20.7 Å². The number of rotatable bonds is 8. The zero-order valence-electron chi connectivity index (χ0n) is 17.1. The average Bonchev–Trinajstić information content (AvgIpc) is 2.82. The van der Waals surface area contributed by atoms with Crippen molar-refractivity contribution in [2.75, 3.05) is 0 Å². The minimum atomic E-state index is -4.68. The summed E-state index contributed by atoms with van der Waals surface area (Å²) in [7, 11) is -9.36. The van der Waals surface area contributed by atoms with Crippen LogP contribution < -0.4 is 6.03 Å². The van der Waals surface area contributed by atoms with Crippen molar-refractivity contribution in [3.05, 3.63) is 59.9 Å². The molecule has 2 aromatic heterocycles. The van der Waals surface area contributed by atoms with Crippen molar-refractivity contribution in [2.24, 2.45) is 0 Å². The van der Waals surface area contributed by atoms with Crippen LogP contribution in [0.5, 0.6) is 11.5 Å². The van der Waals surface area contributed by atoms with E-state index in [1.165, 1.54) is 36.7 Å². The molecule has 2 heterocycles. The van der Waals surface area contributed by atoms with E-state index >= 15 is 0 Å². The van der Waals surface area contributed by atoms with Gasteiger partial charge < -0.3 is 0 Å². The number of pyridine rings is 2. The summed E-state index contributed by atoms with van der Waals surface area (Å²) in [6, 6.07) is 7.47. The number of carbonyl (C=O) groups is 2. The van der Waals surface area contributed by atoms with Gasteiger partial charge >= 0.3 is 210 Å². The van der Waals surface area contributed by atoms with Crippen LogP contribution in [0.4, 0.5) is 0 Å². The molecule has 0 aliphatic rings. The Bertz CT molecular complexity index is 1600. The van der Waals surface area contributed by atoms with E-state index < -0.39 is 52.5 Å². The Morgan fingerprint density at radius 1 is 0.743 bits per heavy atom. The summed E-state index contributed by atoms with van der Waals surface area (Å²) in [5.74, 6) is -0.195. The Kier molecular flexibility index (Phi) is 6.75. The maximum atomic E-state index is 11.8. The van der Waals surface area contributed by atoms with E-state index in [4.69, 9.17) is 6.03 Å². The van der Waals surface area contributed by atoms with Crippen molar-refractivity contribution in [1.29, 1.82) is 0 Å². The molecule has 0 aliphatic heterocycles. The zero-order valence-corrected chi connectivity index (χ0v) is 21.3. The molecule has 1 radical (unpaired) electrons. The Morgan fingerprint density at radius 3 is 1.49 bits per heavy atom. The third-order valence-electron chi connectivity index (χ3n) is 4.74. The Morgan fingerprint density at radius 2 is 1.14 bits per heavy atom. The second kappa shape index (κ2) is 9.47. The standard InChI is InChI=1S/2C10H7NO5S.Sb/c2*12-5-6-4-8(17(14,15)16)7-2-1-3-11-9(7)10(6)13;/h2*1-5,13H,(H,14,15,16);/q;;+2/p-2. The van der Waals surface area contributed by atoms with Crippen molar-refractivity contribution < 1.29 is 41.6 Å². The van der Waals surface area contributed by atoms with E-state index in [1.807, 2.05) is 0 Å². The molecule has 0 amide bonds. The van der Waals surface area contributed by atoms with Crippen LogP contribution in [0.25, 0.3) is 21.8 Å². The summed E-state index contributed by atoms with van der Waals surface area (Å²) in [6.07, 6.45) is 3.31. The van der Waals surface area contributed by atoms with Gasteiger partial charge in [-0.15, -0.1) is 0 Å². The van der Waals surface area contributed by atoms with Crippen molar-refractivity contribution in [3.63, 3.8) is 0 Å². The van der Waals surface area contributed by atoms with Crippen molar-refractivity contribution in [3.8, 4) is 11.5 Å². The van der Waals surface area contributed by atoms with E-state index in [0.717, 1.165) is 12.1 Å². The van der Waals surface area contributed by atoms with Gasteiger partial charge in [0.05, 0.1) is 0 Å². The zero-order chi connectivity index (χ0) is 25.4. The van der Waals surface area contributed by atoms with Gasteiger partial charge in [-0.2, -0.15) is 0 Å². The molecular weight excluding hydrogens is 614 g/mol. The molecular formula is C20H12N2O10S2Sb. The molecule has 0 saturated heterocycles. The first-order chi connectivity index (χ1) is 16.6. The molecule has 15 heteroatoms. The summed E-state index contributed by atoms with van der Waals surface area (Å²) < 4.78 is 77.6. The van der Waals surface area contributed by atoms with Crippen LogP contribution in [0.15, 0.2) is 58.6 Å². The summed E-state index contributed by atoms with van der Waals surface area (Å²) in [5, 5.41) is 0.00875. The Balaban J connectivity index is 1.78. The van der Waals surface area contributed by atoms with Crippen LogP contribution in [0, 0.1) is 0 Å². The fourth-order valence-corrected chi connectivity index (χ4v) is 6.36. The Hall–Kier alpha value is -3.16. The number of aldehydes is 2. The van der Waals surface area contributed by atoms with Gasteiger partial charge in [0.2, 0.25) is 0 Å². The molecule has 4 rings (SSSR count). The molecule has 4 aromatic rings. The fourth-order valence-electron chi connectivity index (χ4n) is 3.30. The van der Waals surface area contributed by atoms with Gasteiger partial charge in [-0.3, -0.25) is 0 Å². The number of aromatic nitrogens is 2. The van der Waals surface area contributed by atoms with Gasteiger partial charge in [0.1, 0.15) is 0 Å². The third kappa shape index (κ3) is 4.83. The SMILES string of the molecule is O=Cc1cc(S(=O)(=O)O)c2cccnc2c1[O][Sb][O]c1c(C=O)cc(S(=O)(=O)O)c2cccnc12. The minimum absolute atomic E-state index is 0.00437. The third-order valence-corrected chi connectivity index (χ3v) is 8.00. The fraction of sp³-hybridized carbons (Fsp3) is 0. The van der Waals surface area contributed by atoms with Crippen LogP contribution >= 0.6 is 0 Å². The molecule has 179 valence electrons. The first kappa shape index (κ1) is 24.9. The van der Waals surface area contributed by atoms with Gasteiger partial charge in [0.15, 0.2) is 0 Å². The average molecular weight is 626 g/mol. The molecule has 0 saturated carbocycles. The number of hydrogen-bond donors (Lipinski definition) is 2. The molecule has 0 fully saturated rings. The van der Waals surface area contributed by atoms with Crippen LogP contribution in [0.2, 0.25) is 0 Å². The first-order valence-electron chi connectivity index (χ1n) is 9.29. The molecule has 0 bridgehead atoms. The van der Waals surface area contributed by atoms with Crippen molar-refractivity contribution in [1.82, 2.24) is 9.97 Å². The number of benzene rings is 2. The van der Waals surface area contributed by atoms with E-state index in [0.29, 0.717) is 12.6 Å². The Labute approximate surface area is 209 Å². The van der Waals surface area contributed by atoms with Crippen LogP contribution in [-0.2, 0) is 20.2 Å². The quantitative estimate of drug-likeness (QED) is 0.165. The molecule has 0 atom stereocenters. The first-order valence-corrected chi connectivity index (χ1v) is 14.3. The predicted molar refractivity (Wildman–Crippen MR) is 121 cm³/mol. The number of fused-ring (bicyclic) bond motifs is 2. The van der Waals surface area contributed by atoms with E-state index in [-0.39, 0.29) is 44.4 Å². The monoisotopic (exact) mass is 625 g/mol. The van der Waals surface area contributed by atoms with Gasteiger partial charge in [0, 0.05) is 0 Å². The van der Waals surface area contributed by atoms with Crippen molar-refractivity contribution in [2.45, 2.75) is 9.79 Å². The molecule has 12 nitrogen and oxygen atoms in total. The second-order valence-electron chi connectivity index (χ2n) is 6.83. The summed E-state index contributed by atoms with van der Waals surface area (Å²) in [6.45, 7) is 0. The van der Waals surface area contributed by atoms with E-state index in [9.17, 15) is 35.5 Å². The van der Waals surface area contributed by atoms with Gasteiger partial charge in [0.25, 0.3) is 0 Å². The van der Waals surface area contributed by atoms with Gasteiger partial charge in [-0.1, -0.05) is 0 Å². The number of hydrogen-bond acceptors (Lipinski definition) is 10. The van der Waals surface area contributed by atoms with Crippen LogP contribution in [-0.4, -0.2) is 70.9 Å². The van der Waals surface area contributed by atoms with Gasteiger partial charge in [-0.25, -0.2) is 0 Å². The van der Waals surface area contributed by atoms with E-state index in [2.05, 4.69) is 9.97 Å². The number of carbonyl (C=O) groups excluding carboxylic acids is 2. The summed E-state index contributed by atoms with van der Waals surface area (Å²) >= 11 is -2.26. The molecule has 0 unspecified atom stereocenters. The molecule has 2 N–H and O–H groups in total. The summed E-state index contributed by atoms with van der Waals surface area (Å²) in [4.78, 5) is 30.3. The maximum absolute atomic E-state index is 11.8. The molecule has 35 heavy (non-hydrogen) atoms. The van der Waals surface area contributed by atoms with Crippen molar-refractivity contribution >= 4 is 77.1 Å². The van der Waals surface area contributed by atoms with Gasteiger partial charge in [-0.05, 0) is 0 Å². The second-order valence-corrected chi connectivity index (χ2v) is 11.1.